The Morgan fingerprint density at radius 2 is 2.09 bits per heavy atom. The van der Waals surface area contributed by atoms with E-state index in [1.807, 2.05) is 24.3 Å². The standard InChI is InChI=1S/C34H35FN5O2P/c1-5-23-10-11-25(29(43)16-23)20-42-33-27(35)18-36-31(39-33)22(4)8-9-24(6-2)17-30-38-28-13-12-26(19-41)37-32(28)40(30)21-34(7-3)14-15-34/h3,6,10-13,16,18-19,24H,2,4-5,8-9,14-15,17,20-21,43H2,1H3. The molecule has 0 radical (unpaired) electrons. The number of benzene rings is 1. The average Bonchev–Trinajstić information content (AvgIpc) is 3.73. The molecule has 0 spiro atoms. The van der Waals surface area contributed by atoms with Gasteiger partial charge in [-0.15, -0.1) is 22.2 Å². The van der Waals surface area contributed by atoms with Crippen LogP contribution in [-0.2, 0) is 26.0 Å². The number of fused-ring (bicyclic) bond motifs is 1. The molecule has 1 aliphatic rings. The fourth-order valence-electron chi connectivity index (χ4n) is 5.03. The van der Waals surface area contributed by atoms with E-state index in [1.165, 1.54) is 5.56 Å². The summed E-state index contributed by atoms with van der Waals surface area (Å²) in [5.74, 6) is 3.46. The molecule has 43 heavy (non-hydrogen) atoms. The summed E-state index contributed by atoms with van der Waals surface area (Å²) in [6.07, 6.45) is 14.3. The summed E-state index contributed by atoms with van der Waals surface area (Å²) >= 11 is 0. The average molecular weight is 596 g/mol. The monoisotopic (exact) mass is 595 g/mol. The minimum absolute atomic E-state index is 0.0570. The minimum Gasteiger partial charge on any atom is -0.471 e. The van der Waals surface area contributed by atoms with Gasteiger partial charge in [-0.3, -0.25) is 4.79 Å². The number of terminal acetylenes is 1. The van der Waals surface area contributed by atoms with Crippen molar-refractivity contribution in [3.63, 3.8) is 0 Å². The van der Waals surface area contributed by atoms with Gasteiger partial charge in [0.2, 0.25) is 5.82 Å². The second kappa shape index (κ2) is 13.0. The SMILES string of the molecule is C#CC1(Cn2c(CC(C=C)CCC(=C)c3ncc(F)c(OCc4ccc(CC)cc4P)n3)nc3ccc(C=O)nc32)CC1. The van der Waals surface area contributed by atoms with E-state index in [1.54, 1.807) is 6.07 Å². The molecule has 4 aromatic rings. The molecule has 9 heteroatoms. The number of hydrogen-bond donors (Lipinski definition) is 0. The number of nitrogens with zero attached hydrogens (tertiary/aromatic N) is 5. The Kier molecular flexibility index (Phi) is 9.13. The third kappa shape index (κ3) is 6.89. The Hall–Kier alpha value is -4.21. The first kappa shape index (κ1) is 30.3. The summed E-state index contributed by atoms with van der Waals surface area (Å²) in [4.78, 5) is 29.3. The van der Waals surface area contributed by atoms with E-state index in [-0.39, 0.29) is 23.8 Å². The molecule has 3 heterocycles. The quantitative estimate of drug-likeness (QED) is 0.0762. The van der Waals surface area contributed by atoms with Gasteiger partial charge in [-0.05, 0) is 72.2 Å². The molecule has 0 saturated heterocycles. The van der Waals surface area contributed by atoms with Crippen molar-refractivity contribution in [2.45, 2.75) is 58.6 Å². The zero-order valence-electron chi connectivity index (χ0n) is 24.4. The van der Waals surface area contributed by atoms with Crippen LogP contribution in [0.5, 0.6) is 5.88 Å². The van der Waals surface area contributed by atoms with E-state index < -0.39 is 5.82 Å². The fraction of sp³-hybridized carbons (Fsp3) is 0.324. The number of carbonyl (C=O) groups is 1. The molecule has 1 saturated carbocycles. The number of hydrogen-bond acceptors (Lipinski definition) is 6. The Morgan fingerprint density at radius 1 is 1.28 bits per heavy atom. The number of halogens is 1. The van der Waals surface area contributed by atoms with Crippen molar-refractivity contribution in [1.82, 2.24) is 24.5 Å². The summed E-state index contributed by atoms with van der Waals surface area (Å²) in [5, 5.41) is 1.01. The topological polar surface area (TPSA) is 82.8 Å². The predicted molar refractivity (Wildman–Crippen MR) is 171 cm³/mol. The van der Waals surface area contributed by atoms with E-state index in [0.29, 0.717) is 48.5 Å². The molecule has 1 aliphatic carbocycles. The van der Waals surface area contributed by atoms with Crippen molar-refractivity contribution < 1.29 is 13.9 Å². The number of ether oxygens (including phenoxy) is 1. The van der Waals surface area contributed by atoms with Crippen LogP contribution in [0.1, 0.15) is 65.9 Å². The molecular formula is C34H35FN5O2P. The smallest absolute Gasteiger partial charge is 0.254 e. The molecule has 0 bridgehead atoms. The molecule has 220 valence electrons. The van der Waals surface area contributed by atoms with E-state index in [2.05, 4.69) is 60.8 Å². The first-order chi connectivity index (χ1) is 20.8. The van der Waals surface area contributed by atoms with Gasteiger partial charge in [0.05, 0.1) is 6.20 Å². The summed E-state index contributed by atoms with van der Waals surface area (Å²) in [7, 11) is 2.70. The molecular weight excluding hydrogens is 560 g/mol. The summed E-state index contributed by atoms with van der Waals surface area (Å²) in [5.41, 5.74) is 4.37. The van der Waals surface area contributed by atoms with Gasteiger partial charge in [0.15, 0.2) is 17.8 Å². The van der Waals surface area contributed by atoms with Gasteiger partial charge < -0.3 is 9.30 Å². The van der Waals surface area contributed by atoms with Crippen LogP contribution in [0.3, 0.4) is 0 Å². The van der Waals surface area contributed by atoms with Crippen molar-refractivity contribution in [1.29, 1.82) is 0 Å². The Bertz CT molecular complexity index is 1740. The van der Waals surface area contributed by atoms with Crippen LogP contribution in [0, 0.1) is 29.5 Å². The Labute approximate surface area is 253 Å². The van der Waals surface area contributed by atoms with Gasteiger partial charge in [-0.25, -0.2) is 15.0 Å². The lowest BCUT2D eigenvalue weighted by Crippen LogP contribution is -2.15. The number of aromatic nitrogens is 5. The van der Waals surface area contributed by atoms with Crippen LogP contribution in [-0.4, -0.2) is 30.8 Å². The van der Waals surface area contributed by atoms with Crippen LogP contribution in [0.4, 0.5) is 4.39 Å². The third-order valence-corrected chi connectivity index (χ3v) is 8.58. The molecule has 3 aromatic heterocycles. The zero-order chi connectivity index (χ0) is 30.6. The summed E-state index contributed by atoms with van der Waals surface area (Å²) in [6, 6.07) is 9.59. The van der Waals surface area contributed by atoms with Gasteiger partial charge in [-0.1, -0.05) is 43.7 Å². The molecule has 7 nitrogen and oxygen atoms in total. The maximum atomic E-state index is 14.5. The van der Waals surface area contributed by atoms with Crippen molar-refractivity contribution in [3.05, 3.63) is 90.0 Å². The van der Waals surface area contributed by atoms with E-state index in [9.17, 15) is 9.18 Å². The molecule has 0 amide bonds. The number of aldehydes is 1. The molecule has 0 aliphatic heterocycles. The van der Waals surface area contributed by atoms with Gasteiger partial charge in [0.25, 0.3) is 5.88 Å². The van der Waals surface area contributed by atoms with Crippen LogP contribution in [0.15, 0.2) is 55.8 Å². The van der Waals surface area contributed by atoms with Crippen molar-refractivity contribution in [2.75, 3.05) is 0 Å². The minimum atomic E-state index is -0.623. The lowest BCUT2D eigenvalue weighted by atomic mass is 9.96. The highest BCUT2D eigenvalue weighted by Crippen LogP contribution is 2.47. The van der Waals surface area contributed by atoms with Gasteiger partial charge in [-0.2, -0.15) is 9.37 Å². The first-order valence-corrected chi connectivity index (χ1v) is 15.0. The van der Waals surface area contributed by atoms with Crippen LogP contribution in [0.2, 0.25) is 0 Å². The molecule has 2 atom stereocenters. The van der Waals surface area contributed by atoms with Gasteiger partial charge in [0.1, 0.15) is 23.6 Å². The Balaban J connectivity index is 1.27. The molecule has 0 N–H and O–H groups in total. The van der Waals surface area contributed by atoms with Crippen LogP contribution in [0.25, 0.3) is 16.7 Å². The van der Waals surface area contributed by atoms with Crippen molar-refractivity contribution >= 4 is 37.6 Å². The number of imidazole rings is 1. The summed E-state index contributed by atoms with van der Waals surface area (Å²) < 4.78 is 22.4. The Morgan fingerprint density at radius 3 is 2.77 bits per heavy atom. The van der Waals surface area contributed by atoms with Gasteiger partial charge in [0, 0.05) is 18.4 Å². The molecule has 1 fully saturated rings. The highest BCUT2D eigenvalue weighted by atomic mass is 31.0. The summed E-state index contributed by atoms with van der Waals surface area (Å²) in [6.45, 7) is 11.1. The second-order valence-corrected chi connectivity index (χ2v) is 11.7. The first-order valence-electron chi connectivity index (χ1n) is 14.4. The number of aryl methyl sites for hydroxylation is 1. The fourth-order valence-corrected chi connectivity index (χ4v) is 5.42. The van der Waals surface area contributed by atoms with Crippen LogP contribution >= 0.6 is 9.24 Å². The number of pyridine rings is 1. The number of allylic oxidation sites excluding steroid dienone is 2. The maximum absolute atomic E-state index is 14.5. The normalized spacial score (nSPS) is 14.2. The number of carbonyl (C=O) groups excluding carboxylic acids is 1. The number of rotatable bonds is 14. The highest BCUT2D eigenvalue weighted by Gasteiger charge is 2.42. The lowest BCUT2D eigenvalue weighted by molar-refractivity contribution is 0.111. The predicted octanol–water partition coefficient (Wildman–Crippen LogP) is 6.07. The maximum Gasteiger partial charge on any atom is 0.254 e. The van der Waals surface area contributed by atoms with Crippen molar-refractivity contribution in [3.8, 4) is 18.2 Å². The van der Waals surface area contributed by atoms with Crippen LogP contribution < -0.4 is 10.0 Å². The molecule has 1 aromatic carbocycles. The van der Waals surface area contributed by atoms with E-state index in [0.717, 1.165) is 54.0 Å². The van der Waals surface area contributed by atoms with Crippen molar-refractivity contribution in [2.24, 2.45) is 11.3 Å². The van der Waals surface area contributed by atoms with Gasteiger partial charge >= 0.3 is 0 Å². The lowest BCUT2D eigenvalue weighted by Gasteiger charge is -2.17. The molecule has 5 rings (SSSR count). The largest absolute Gasteiger partial charge is 0.471 e. The molecule has 2 unspecified atom stereocenters. The van der Waals surface area contributed by atoms with E-state index >= 15 is 0 Å². The zero-order valence-corrected chi connectivity index (χ0v) is 25.5. The third-order valence-electron chi connectivity index (χ3n) is 8.04. The second-order valence-electron chi connectivity index (χ2n) is 11.1. The van der Waals surface area contributed by atoms with E-state index in [4.69, 9.17) is 16.1 Å². The highest BCUT2D eigenvalue weighted by molar-refractivity contribution is 7.27.